The minimum absolute atomic E-state index is 0.0652. The number of nitrogens with one attached hydrogen (secondary N) is 4. The van der Waals surface area contributed by atoms with Gasteiger partial charge in [-0.05, 0) is 19.3 Å². The van der Waals surface area contributed by atoms with Gasteiger partial charge in [0.25, 0.3) is 5.91 Å². The molecule has 1 unspecified atom stereocenters. The number of nitrogens with two attached hydrogens (primary N) is 1. The van der Waals surface area contributed by atoms with Crippen molar-refractivity contribution in [3.8, 4) is 0 Å². The van der Waals surface area contributed by atoms with Crippen molar-refractivity contribution in [3.05, 3.63) is 0 Å². The molecule has 138 valence electrons. The number of guanidine groups is 1. The van der Waals surface area contributed by atoms with Crippen LogP contribution in [0.3, 0.4) is 0 Å². The summed E-state index contributed by atoms with van der Waals surface area (Å²) in [6, 6.07) is 0. The van der Waals surface area contributed by atoms with Crippen LogP contribution >= 0.6 is 0 Å². The minimum atomic E-state index is -1.64. The number of carbonyl (C=O) groups excluding carboxylic acids is 2. The maximum atomic E-state index is 11.6. The van der Waals surface area contributed by atoms with Crippen molar-refractivity contribution < 1.29 is 24.6 Å². The molecule has 0 radical (unpaired) electrons. The molecule has 0 aromatic heterocycles. The van der Waals surface area contributed by atoms with E-state index in [9.17, 15) is 19.5 Å². The van der Waals surface area contributed by atoms with Gasteiger partial charge in [-0.1, -0.05) is 12.8 Å². The molecule has 0 aliphatic rings. The van der Waals surface area contributed by atoms with E-state index in [1.165, 1.54) is 0 Å². The normalized spacial score (nSPS) is 11.4. The molecule has 0 fully saturated rings. The molecule has 0 bridgehead atoms. The highest BCUT2D eigenvalue weighted by atomic mass is 16.4. The fourth-order valence-corrected chi connectivity index (χ4v) is 1.83. The average molecular weight is 345 g/mol. The maximum Gasteiger partial charge on any atom is 0.303 e. The van der Waals surface area contributed by atoms with Gasteiger partial charge in [0.1, 0.15) is 0 Å². The van der Waals surface area contributed by atoms with E-state index in [1.807, 2.05) is 0 Å². The summed E-state index contributed by atoms with van der Waals surface area (Å²) in [5.41, 5.74) is 5.13. The summed E-state index contributed by atoms with van der Waals surface area (Å²) >= 11 is 0. The highest BCUT2D eigenvalue weighted by Gasteiger charge is 2.16. The first-order valence-corrected chi connectivity index (χ1v) is 7.87. The number of carboxylic acid groups (broad SMARTS) is 1. The lowest BCUT2D eigenvalue weighted by Crippen LogP contribution is -2.46. The zero-order chi connectivity index (χ0) is 18.4. The molecule has 8 N–H and O–H groups in total. The monoisotopic (exact) mass is 345 g/mol. The van der Waals surface area contributed by atoms with Crippen molar-refractivity contribution >= 4 is 23.7 Å². The lowest BCUT2D eigenvalue weighted by molar-refractivity contribution is -0.138. The summed E-state index contributed by atoms with van der Waals surface area (Å²) in [5, 5.41) is 32.1. The number of amides is 2. The largest absolute Gasteiger partial charge is 0.481 e. The molecule has 0 aromatic carbocycles. The number of rotatable bonds is 13. The topological polar surface area (TPSA) is 178 Å². The molecule has 0 spiro atoms. The molecule has 0 aliphatic heterocycles. The zero-order valence-electron chi connectivity index (χ0n) is 13.6. The Morgan fingerprint density at radius 3 is 2.21 bits per heavy atom. The van der Waals surface area contributed by atoms with Crippen LogP contribution in [-0.2, 0) is 14.4 Å². The fourth-order valence-electron chi connectivity index (χ4n) is 1.83. The number of carbonyl (C=O) groups is 3. The third-order valence-electron chi connectivity index (χ3n) is 3.06. The minimum Gasteiger partial charge on any atom is -0.481 e. The van der Waals surface area contributed by atoms with E-state index in [2.05, 4.69) is 16.0 Å². The third-order valence-corrected chi connectivity index (χ3v) is 3.06. The van der Waals surface area contributed by atoms with E-state index in [0.717, 1.165) is 19.3 Å². The number of hydrogen-bond donors (Lipinski definition) is 7. The number of aliphatic hydroxyl groups excluding tert-OH is 1. The number of aliphatic hydroxyl groups is 1. The van der Waals surface area contributed by atoms with Crippen molar-refractivity contribution in [1.29, 1.82) is 5.41 Å². The number of aliphatic carboxylic acids is 1. The van der Waals surface area contributed by atoms with Gasteiger partial charge in [0.05, 0.1) is 0 Å². The van der Waals surface area contributed by atoms with Crippen molar-refractivity contribution in [2.24, 2.45) is 5.73 Å². The van der Waals surface area contributed by atoms with Crippen LogP contribution < -0.4 is 21.7 Å². The van der Waals surface area contributed by atoms with Gasteiger partial charge in [-0.25, -0.2) is 0 Å². The first kappa shape index (κ1) is 21.6. The Kier molecular flexibility index (Phi) is 11.8. The van der Waals surface area contributed by atoms with E-state index < -0.39 is 24.0 Å². The number of unbranched alkanes of at least 4 members (excludes halogenated alkanes) is 3. The molecule has 0 saturated carbocycles. The van der Waals surface area contributed by atoms with Crippen molar-refractivity contribution in [3.63, 3.8) is 0 Å². The molecule has 0 aliphatic carbocycles. The van der Waals surface area contributed by atoms with Gasteiger partial charge < -0.3 is 31.9 Å². The molecule has 0 aromatic rings. The molecular formula is C14H27N5O5. The Morgan fingerprint density at radius 1 is 0.958 bits per heavy atom. The van der Waals surface area contributed by atoms with Crippen LogP contribution in [0.2, 0.25) is 0 Å². The molecule has 10 nitrogen and oxygen atoms in total. The van der Waals surface area contributed by atoms with E-state index in [1.54, 1.807) is 0 Å². The van der Waals surface area contributed by atoms with Gasteiger partial charge in [-0.2, -0.15) is 0 Å². The van der Waals surface area contributed by atoms with E-state index in [0.29, 0.717) is 13.0 Å². The highest BCUT2D eigenvalue weighted by Crippen LogP contribution is 2.02. The smallest absolute Gasteiger partial charge is 0.303 e. The van der Waals surface area contributed by atoms with Crippen LogP contribution in [-0.4, -0.2) is 53.3 Å². The molecule has 0 heterocycles. The van der Waals surface area contributed by atoms with Crippen LogP contribution in [0.4, 0.5) is 0 Å². The first-order valence-electron chi connectivity index (χ1n) is 7.87. The summed E-state index contributed by atoms with van der Waals surface area (Å²) in [7, 11) is 0. The van der Waals surface area contributed by atoms with Crippen molar-refractivity contribution in [2.75, 3.05) is 13.1 Å². The standard InChI is InChI=1S/C14H27N5O5/c15-14(16)18-8-4-2-1-3-6-10(20)19-13(24)12(23)17-9-5-7-11(21)22/h13,24H,1-9H2,(H,17,23)(H,19,20)(H,21,22)(H4,15,16,18). The third kappa shape index (κ3) is 13.3. The lowest BCUT2D eigenvalue weighted by atomic mass is 10.1. The van der Waals surface area contributed by atoms with Gasteiger partial charge in [-0.15, -0.1) is 0 Å². The Morgan fingerprint density at radius 2 is 1.58 bits per heavy atom. The molecule has 2 amide bonds. The highest BCUT2D eigenvalue weighted by molar-refractivity contribution is 5.86. The molecule has 10 heteroatoms. The van der Waals surface area contributed by atoms with Crippen molar-refractivity contribution in [2.45, 2.75) is 51.2 Å². The molecule has 0 rings (SSSR count). The zero-order valence-corrected chi connectivity index (χ0v) is 13.6. The summed E-state index contributed by atoms with van der Waals surface area (Å²) in [6.07, 6.45) is 1.88. The van der Waals surface area contributed by atoms with Crippen LogP contribution in [0.1, 0.15) is 44.9 Å². The Bertz CT molecular complexity index is 430. The maximum absolute atomic E-state index is 11.6. The molecule has 1 atom stereocenters. The summed E-state index contributed by atoms with van der Waals surface area (Å²) in [5.74, 6) is -2.21. The summed E-state index contributed by atoms with van der Waals surface area (Å²) in [6.45, 7) is 0.731. The predicted octanol–water partition coefficient (Wildman–Crippen LogP) is -1.16. The summed E-state index contributed by atoms with van der Waals surface area (Å²) < 4.78 is 0. The Balaban J connectivity index is 3.65. The first-order chi connectivity index (χ1) is 11.3. The van der Waals surface area contributed by atoms with E-state index >= 15 is 0 Å². The van der Waals surface area contributed by atoms with Gasteiger partial charge in [-0.3, -0.25) is 19.8 Å². The van der Waals surface area contributed by atoms with Gasteiger partial charge >= 0.3 is 5.97 Å². The molecule has 24 heavy (non-hydrogen) atoms. The second kappa shape index (κ2) is 13.1. The summed E-state index contributed by atoms with van der Waals surface area (Å²) in [4.78, 5) is 33.3. The van der Waals surface area contributed by atoms with Gasteiger partial charge in [0.15, 0.2) is 5.96 Å². The SMILES string of the molecule is N=C(N)NCCCCCCC(=O)NC(O)C(=O)NCCCC(=O)O. The van der Waals surface area contributed by atoms with Crippen LogP contribution in [0.15, 0.2) is 0 Å². The second-order valence-corrected chi connectivity index (χ2v) is 5.26. The Hall–Kier alpha value is -2.36. The second-order valence-electron chi connectivity index (χ2n) is 5.26. The number of hydrogen-bond acceptors (Lipinski definition) is 5. The molecular weight excluding hydrogens is 318 g/mol. The van der Waals surface area contributed by atoms with Crippen molar-refractivity contribution in [1.82, 2.24) is 16.0 Å². The quantitative estimate of drug-likeness (QED) is 0.0951. The van der Waals surface area contributed by atoms with Gasteiger partial charge in [0, 0.05) is 25.9 Å². The van der Waals surface area contributed by atoms with Crippen LogP contribution in [0.25, 0.3) is 0 Å². The fraction of sp³-hybridized carbons (Fsp3) is 0.714. The molecule has 0 saturated heterocycles. The Labute approximate surface area is 140 Å². The van der Waals surface area contributed by atoms with E-state index in [-0.39, 0.29) is 31.8 Å². The predicted molar refractivity (Wildman–Crippen MR) is 87.0 cm³/mol. The average Bonchev–Trinajstić information content (AvgIpc) is 2.49. The van der Waals surface area contributed by atoms with Crippen LogP contribution in [0.5, 0.6) is 0 Å². The number of carboxylic acids is 1. The van der Waals surface area contributed by atoms with Crippen LogP contribution in [0, 0.1) is 5.41 Å². The lowest BCUT2D eigenvalue weighted by Gasteiger charge is -2.13. The van der Waals surface area contributed by atoms with E-state index in [4.69, 9.17) is 16.2 Å². The van der Waals surface area contributed by atoms with Gasteiger partial charge in [0.2, 0.25) is 12.1 Å².